The summed E-state index contributed by atoms with van der Waals surface area (Å²) in [6.07, 6.45) is 0.237. The number of aryl methyl sites for hydroxylation is 2. The van der Waals surface area contributed by atoms with Crippen LogP contribution in [0.3, 0.4) is 0 Å². The van der Waals surface area contributed by atoms with Gasteiger partial charge in [-0.3, -0.25) is 9.59 Å². The molecule has 0 aliphatic rings. The summed E-state index contributed by atoms with van der Waals surface area (Å²) in [5, 5.41) is 11.9. The van der Waals surface area contributed by atoms with Gasteiger partial charge in [0.25, 0.3) is 5.91 Å². The SMILES string of the molecule is CCC(Oc1cc(C)c(-c2ccc(C(C)(C)C)cc2)c(C)c1)c1sc(C(=O)NCCC(=O)O)cc1Cl. The van der Waals surface area contributed by atoms with Crippen LogP contribution in [-0.2, 0) is 10.2 Å². The second-order valence-electron chi connectivity index (χ2n) is 10.00. The van der Waals surface area contributed by atoms with Crippen LogP contribution in [0.25, 0.3) is 11.1 Å². The molecular weight excluding hydrogens is 494 g/mol. The molecule has 0 aliphatic carbocycles. The van der Waals surface area contributed by atoms with Crippen molar-refractivity contribution in [2.45, 2.75) is 65.9 Å². The molecule has 3 aromatic rings. The molecule has 0 spiro atoms. The standard InChI is InChI=1S/C29H34ClNO4S/c1-7-23(27-22(30)16-24(36-27)28(34)31-13-12-25(32)33)35-21-14-17(2)26(18(3)15-21)19-8-10-20(11-9-19)29(4,5)6/h8-11,14-16,23H,7,12-13H2,1-6H3,(H,31,34)(H,32,33). The fourth-order valence-corrected chi connectivity index (χ4v) is 5.65. The van der Waals surface area contributed by atoms with Crippen LogP contribution in [0, 0.1) is 13.8 Å². The average Bonchev–Trinajstić information content (AvgIpc) is 3.18. The Labute approximate surface area is 222 Å². The molecule has 0 saturated heterocycles. The maximum atomic E-state index is 12.4. The van der Waals surface area contributed by atoms with Crippen LogP contribution < -0.4 is 10.1 Å². The van der Waals surface area contributed by atoms with Crippen molar-refractivity contribution in [2.75, 3.05) is 6.54 Å². The number of ether oxygens (including phenoxy) is 1. The van der Waals surface area contributed by atoms with E-state index in [9.17, 15) is 9.59 Å². The van der Waals surface area contributed by atoms with Crippen molar-refractivity contribution in [3.8, 4) is 16.9 Å². The Morgan fingerprint density at radius 1 is 1.08 bits per heavy atom. The largest absolute Gasteiger partial charge is 0.485 e. The van der Waals surface area contributed by atoms with Crippen molar-refractivity contribution in [1.82, 2.24) is 5.32 Å². The molecule has 5 nitrogen and oxygen atoms in total. The van der Waals surface area contributed by atoms with E-state index in [0.29, 0.717) is 16.3 Å². The number of carboxylic acids is 1. The lowest BCUT2D eigenvalue weighted by Crippen LogP contribution is -2.25. The van der Waals surface area contributed by atoms with Crippen molar-refractivity contribution >= 4 is 34.8 Å². The van der Waals surface area contributed by atoms with Crippen LogP contribution in [0.2, 0.25) is 5.02 Å². The average molecular weight is 528 g/mol. The summed E-state index contributed by atoms with van der Waals surface area (Å²) >= 11 is 7.76. The zero-order valence-electron chi connectivity index (χ0n) is 21.7. The van der Waals surface area contributed by atoms with E-state index in [0.717, 1.165) is 21.8 Å². The summed E-state index contributed by atoms with van der Waals surface area (Å²) in [4.78, 5) is 24.3. The van der Waals surface area contributed by atoms with Gasteiger partial charge in [-0.05, 0) is 71.7 Å². The van der Waals surface area contributed by atoms with Gasteiger partial charge < -0.3 is 15.2 Å². The van der Waals surface area contributed by atoms with Gasteiger partial charge in [0.15, 0.2) is 0 Å². The minimum absolute atomic E-state index is 0.0660. The quantitative estimate of drug-likeness (QED) is 0.298. The number of hydrogen-bond donors (Lipinski definition) is 2. The number of halogens is 1. The van der Waals surface area contributed by atoms with Crippen LogP contribution in [0.5, 0.6) is 5.75 Å². The summed E-state index contributed by atoms with van der Waals surface area (Å²) in [6.45, 7) is 12.9. The number of carboxylic acid groups (broad SMARTS) is 1. The lowest BCUT2D eigenvalue weighted by Gasteiger charge is -2.21. The summed E-state index contributed by atoms with van der Waals surface area (Å²) in [5.74, 6) is -0.542. The highest BCUT2D eigenvalue weighted by Gasteiger charge is 2.22. The molecule has 1 amide bonds. The lowest BCUT2D eigenvalue weighted by atomic mass is 9.85. The van der Waals surface area contributed by atoms with Gasteiger partial charge in [-0.1, -0.05) is 63.6 Å². The number of carbonyl (C=O) groups excluding carboxylic acids is 1. The lowest BCUT2D eigenvalue weighted by molar-refractivity contribution is -0.136. The van der Waals surface area contributed by atoms with Crippen LogP contribution in [0.4, 0.5) is 0 Å². The second-order valence-corrected chi connectivity index (χ2v) is 11.5. The van der Waals surface area contributed by atoms with E-state index in [-0.39, 0.29) is 30.4 Å². The third-order valence-electron chi connectivity index (χ3n) is 6.05. The smallest absolute Gasteiger partial charge is 0.305 e. The van der Waals surface area contributed by atoms with E-state index < -0.39 is 5.97 Å². The molecule has 2 N–H and O–H groups in total. The highest BCUT2D eigenvalue weighted by atomic mass is 35.5. The first kappa shape index (κ1) is 27.8. The maximum absolute atomic E-state index is 12.4. The van der Waals surface area contributed by atoms with Crippen LogP contribution in [-0.4, -0.2) is 23.5 Å². The Balaban J connectivity index is 1.80. The van der Waals surface area contributed by atoms with E-state index in [2.05, 4.69) is 64.2 Å². The van der Waals surface area contributed by atoms with Gasteiger partial charge in [0.2, 0.25) is 0 Å². The predicted octanol–water partition coefficient (Wildman–Crippen LogP) is 7.72. The number of thiophene rings is 1. The fourth-order valence-electron chi connectivity index (χ4n) is 4.15. The van der Waals surface area contributed by atoms with E-state index in [4.69, 9.17) is 21.4 Å². The van der Waals surface area contributed by atoms with Crippen molar-refractivity contribution in [3.63, 3.8) is 0 Å². The highest BCUT2D eigenvalue weighted by Crippen LogP contribution is 2.38. The molecule has 0 fully saturated rings. The van der Waals surface area contributed by atoms with Crippen molar-refractivity contribution in [1.29, 1.82) is 0 Å². The van der Waals surface area contributed by atoms with E-state index in [1.807, 2.05) is 19.1 Å². The first-order valence-corrected chi connectivity index (χ1v) is 13.3. The molecule has 192 valence electrons. The monoisotopic (exact) mass is 527 g/mol. The molecule has 3 rings (SSSR count). The topological polar surface area (TPSA) is 75.6 Å². The first-order chi connectivity index (χ1) is 16.9. The third kappa shape index (κ3) is 6.68. The maximum Gasteiger partial charge on any atom is 0.305 e. The molecule has 7 heteroatoms. The third-order valence-corrected chi connectivity index (χ3v) is 7.70. The highest BCUT2D eigenvalue weighted by molar-refractivity contribution is 7.14. The van der Waals surface area contributed by atoms with Crippen molar-refractivity contribution in [2.24, 2.45) is 0 Å². The van der Waals surface area contributed by atoms with Gasteiger partial charge in [-0.2, -0.15) is 0 Å². The zero-order valence-corrected chi connectivity index (χ0v) is 23.3. The van der Waals surface area contributed by atoms with Gasteiger partial charge >= 0.3 is 5.97 Å². The molecule has 1 atom stereocenters. The molecule has 2 aromatic carbocycles. The van der Waals surface area contributed by atoms with Crippen LogP contribution >= 0.6 is 22.9 Å². The number of aliphatic carboxylic acids is 1. The molecule has 36 heavy (non-hydrogen) atoms. The number of carbonyl (C=O) groups is 2. The number of rotatable bonds is 9. The van der Waals surface area contributed by atoms with Crippen molar-refractivity contribution in [3.05, 3.63) is 73.9 Å². The van der Waals surface area contributed by atoms with E-state index >= 15 is 0 Å². The Morgan fingerprint density at radius 3 is 2.22 bits per heavy atom. The minimum atomic E-state index is -0.960. The normalized spacial score (nSPS) is 12.3. The molecule has 0 radical (unpaired) electrons. The molecule has 1 aromatic heterocycles. The Bertz CT molecular complexity index is 1220. The summed E-state index contributed by atoms with van der Waals surface area (Å²) < 4.78 is 6.37. The summed E-state index contributed by atoms with van der Waals surface area (Å²) in [7, 11) is 0. The zero-order chi connectivity index (χ0) is 26.6. The Morgan fingerprint density at radius 2 is 1.69 bits per heavy atom. The summed E-state index contributed by atoms with van der Waals surface area (Å²) in [6, 6.07) is 14.5. The van der Waals surface area contributed by atoms with Gasteiger partial charge in [-0.25, -0.2) is 0 Å². The van der Waals surface area contributed by atoms with Gasteiger partial charge in [0.05, 0.1) is 21.2 Å². The fraction of sp³-hybridized carbons (Fsp3) is 0.379. The molecule has 0 bridgehead atoms. The van der Waals surface area contributed by atoms with Crippen LogP contribution in [0.15, 0.2) is 42.5 Å². The van der Waals surface area contributed by atoms with Gasteiger partial charge in [0, 0.05) is 6.54 Å². The van der Waals surface area contributed by atoms with Gasteiger partial charge in [0.1, 0.15) is 11.9 Å². The number of benzene rings is 2. The Hall–Kier alpha value is -2.83. The number of hydrogen-bond acceptors (Lipinski definition) is 4. The van der Waals surface area contributed by atoms with E-state index in [1.54, 1.807) is 6.07 Å². The molecule has 1 heterocycles. The minimum Gasteiger partial charge on any atom is -0.485 e. The van der Waals surface area contributed by atoms with E-state index in [1.165, 1.54) is 28.0 Å². The molecular formula is C29H34ClNO4S. The van der Waals surface area contributed by atoms with Gasteiger partial charge in [-0.15, -0.1) is 11.3 Å². The molecule has 0 saturated carbocycles. The summed E-state index contributed by atoms with van der Waals surface area (Å²) in [5.41, 5.74) is 6.03. The van der Waals surface area contributed by atoms with Crippen molar-refractivity contribution < 1.29 is 19.4 Å². The number of nitrogens with one attached hydrogen (secondary N) is 1. The molecule has 0 aliphatic heterocycles. The molecule has 1 unspecified atom stereocenters. The first-order valence-electron chi connectivity index (χ1n) is 12.1. The van der Waals surface area contributed by atoms with Crippen LogP contribution in [0.1, 0.15) is 77.9 Å². The second kappa shape index (κ2) is 11.5. The Kier molecular flexibility index (Phi) is 8.85. The predicted molar refractivity (Wildman–Crippen MR) is 148 cm³/mol. The number of amides is 1.